The number of hydrogen-bond donors (Lipinski definition) is 1. The molecule has 2 aliphatic rings. The van der Waals surface area contributed by atoms with Gasteiger partial charge in [0, 0.05) is 17.0 Å². The fourth-order valence-corrected chi connectivity index (χ4v) is 3.93. The van der Waals surface area contributed by atoms with E-state index in [4.69, 9.17) is 9.47 Å². The predicted octanol–water partition coefficient (Wildman–Crippen LogP) is 4.51. The number of halogens is 3. The van der Waals surface area contributed by atoms with Crippen molar-refractivity contribution in [1.82, 2.24) is 5.32 Å². The van der Waals surface area contributed by atoms with Gasteiger partial charge in [-0.15, -0.1) is 0 Å². The summed E-state index contributed by atoms with van der Waals surface area (Å²) in [7, 11) is 0. The highest BCUT2D eigenvalue weighted by molar-refractivity contribution is 5.46. The fourth-order valence-electron chi connectivity index (χ4n) is 3.93. The van der Waals surface area contributed by atoms with Gasteiger partial charge in [-0.3, -0.25) is 0 Å². The molecular weight excluding hydrogens is 343 g/mol. The minimum Gasteiger partial charge on any atom is -0.491 e. The maximum Gasteiger partial charge on any atom is 0.416 e. The Labute approximate surface area is 150 Å². The Balaban J connectivity index is 1.56. The summed E-state index contributed by atoms with van der Waals surface area (Å²) in [5.74, 6) is 1.71. The zero-order valence-corrected chi connectivity index (χ0v) is 14.4. The molecule has 0 aromatic heterocycles. The third-order valence-corrected chi connectivity index (χ3v) is 5.33. The van der Waals surface area contributed by atoms with Gasteiger partial charge in [0.15, 0.2) is 0 Å². The first-order valence-electron chi connectivity index (χ1n) is 8.66. The van der Waals surface area contributed by atoms with Crippen molar-refractivity contribution in [2.45, 2.75) is 37.6 Å². The van der Waals surface area contributed by atoms with Gasteiger partial charge in [0.1, 0.15) is 24.7 Å². The minimum atomic E-state index is -4.39. The van der Waals surface area contributed by atoms with Crippen molar-refractivity contribution >= 4 is 0 Å². The summed E-state index contributed by atoms with van der Waals surface area (Å²) in [5, 5.41) is 3.49. The topological polar surface area (TPSA) is 30.5 Å². The first-order valence-corrected chi connectivity index (χ1v) is 8.66. The average molecular weight is 363 g/mol. The van der Waals surface area contributed by atoms with Crippen LogP contribution in [0.3, 0.4) is 0 Å². The SMILES string of the molecule is C[C@@]12COc3ccc(OCc4ccccc4C(F)(F)F)cc3[C@@H]1CCN2. The third-order valence-electron chi connectivity index (χ3n) is 5.33. The highest BCUT2D eigenvalue weighted by Gasteiger charge is 2.44. The lowest BCUT2D eigenvalue weighted by atomic mass is 9.80. The van der Waals surface area contributed by atoms with Crippen LogP contribution in [0, 0.1) is 0 Å². The van der Waals surface area contributed by atoms with Crippen molar-refractivity contribution in [3.8, 4) is 11.5 Å². The molecule has 1 fully saturated rings. The van der Waals surface area contributed by atoms with E-state index >= 15 is 0 Å². The molecule has 26 heavy (non-hydrogen) atoms. The first kappa shape index (κ1) is 17.2. The summed E-state index contributed by atoms with van der Waals surface area (Å²) in [6.07, 6.45) is -3.38. The van der Waals surface area contributed by atoms with Gasteiger partial charge in [0.25, 0.3) is 0 Å². The number of alkyl halides is 3. The highest BCUT2D eigenvalue weighted by Crippen LogP contribution is 2.45. The summed E-state index contributed by atoms with van der Waals surface area (Å²) < 4.78 is 50.9. The molecule has 0 radical (unpaired) electrons. The van der Waals surface area contributed by atoms with Crippen molar-refractivity contribution in [1.29, 1.82) is 0 Å². The van der Waals surface area contributed by atoms with E-state index in [1.165, 1.54) is 12.1 Å². The van der Waals surface area contributed by atoms with Crippen LogP contribution in [0.15, 0.2) is 42.5 Å². The number of nitrogens with one attached hydrogen (secondary N) is 1. The molecule has 0 bridgehead atoms. The van der Waals surface area contributed by atoms with Gasteiger partial charge < -0.3 is 14.8 Å². The van der Waals surface area contributed by atoms with Crippen LogP contribution in [0.5, 0.6) is 11.5 Å². The highest BCUT2D eigenvalue weighted by atomic mass is 19.4. The van der Waals surface area contributed by atoms with E-state index in [0.717, 1.165) is 30.3 Å². The second kappa shape index (κ2) is 6.20. The van der Waals surface area contributed by atoms with Crippen LogP contribution in [0.25, 0.3) is 0 Å². The Morgan fingerprint density at radius 2 is 2.04 bits per heavy atom. The quantitative estimate of drug-likeness (QED) is 0.870. The largest absolute Gasteiger partial charge is 0.491 e. The summed E-state index contributed by atoms with van der Waals surface area (Å²) in [5.41, 5.74) is 0.426. The van der Waals surface area contributed by atoms with Crippen molar-refractivity contribution in [2.75, 3.05) is 13.2 Å². The molecule has 138 valence electrons. The molecule has 0 unspecified atom stereocenters. The van der Waals surface area contributed by atoms with Gasteiger partial charge in [-0.25, -0.2) is 0 Å². The van der Waals surface area contributed by atoms with Crippen LogP contribution in [-0.2, 0) is 12.8 Å². The predicted molar refractivity (Wildman–Crippen MR) is 91.5 cm³/mol. The molecule has 0 amide bonds. The van der Waals surface area contributed by atoms with E-state index in [2.05, 4.69) is 12.2 Å². The van der Waals surface area contributed by atoms with Crippen LogP contribution in [0.1, 0.15) is 36.0 Å². The van der Waals surface area contributed by atoms with Crippen LogP contribution >= 0.6 is 0 Å². The number of benzene rings is 2. The van der Waals surface area contributed by atoms with Gasteiger partial charge in [0.05, 0.1) is 11.1 Å². The van der Waals surface area contributed by atoms with Crippen LogP contribution < -0.4 is 14.8 Å². The molecule has 4 rings (SSSR count). The Morgan fingerprint density at radius 1 is 1.23 bits per heavy atom. The van der Waals surface area contributed by atoms with Crippen molar-refractivity contribution in [3.63, 3.8) is 0 Å². The normalized spacial score (nSPS) is 24.5. The molecule has 0 aliphatic carbocycles. The number of ether oxygens (including phenoxy) is 2. The van der Waals surface area contributed by atoms with Gasteiger partial charge >= 0.3 is 6.18 Å². The summed E-state index contributed by atoms with van der Waals surface area (Å²) in [6, 6.07) is 11.0. The molecule has 6 heteroatoms. The van der Waals surface area contributed by atoms with Crippen LogP contribution in [0.4, 0.5) is 13.2 Å². The van der Waals surface area contributed by atoms with Crippen LogP contribution in [-0.4, -0.2) is 18.7 Å². The zero-order valence-electron chi connectivity index (χ0n) is 14.4. The zero-order chi connectivity index (χ0) is 18.4. The minimum absolute atomic E-state index is 0.103. The Morgan fingerprint density at radius 3 is 2.85 bits per heavy atom. The van der Waals surface area contributed by atoms with Crippen LogP contribution in [0.2, 0.25) is 0 Å². The Hall–Kier alpha value is -2.21. The van der Waals surface area contributed by atoms with E-state index in [-0.39, 0.29) is 17.7 Å². The van der Waals surface area contributed by atoms with E-state index in [1.54, 1.807) is 12.1 Å². The fraction of sp³-hybridized carbons (Fsp3) is 0.400. The molecular formula is C20H20F3NO2. The maximum atomic E-state index is 13.1. The molecule has 2 heterocycles. The van der Waals surface area contributed by atoms with Crippen molar-refractivity contribution < 1.29 is 22.6 Å². The van der Waals surface area contributed by atoms with E-state index < -0.39 is 11.7 Å². The summed E-state index contributed by atoms with van der Waals surface area (Å²) in [4.78, 5) is 0. The van der Waals surface area contributed by atoms with E-state index in [1.807, 2.05) is 12.1 Å². The van der Waals surface area contributed by atoms with Gasteiger partial charge in [-0.1, -0.05) is 18.2 Å². The van der Waals surface area contributed by atoms with Gasteiger partial charge in [-0.05, 0) is 44.2 Å². The number of fused-ring (bicyclic) bond motifs is 3. The monoisotopic (exact) mass is 363 g/mol. The lowest BCUT2D eigenvalue weighted by Crippen LogP contribution is -2.48. The lowest BCUT2D eigenvalue weighted by Gasteiger charge is -2.37. The first-order chi connectivity index (χ1) is 12.4. The van der Waals surface area contributed by atoms with E-state index in [0.29, 0.717) is 18.3 Å². The third kappa shape index (κ3) is 3.03. The summed E-state index contributed by atoms with van der Waals surface area (Å²) in [6.45, 7) is 3.55. The lowest BCUT2D eigenvalue weighted by molar-refractivity contribution is -0.138. The second-order valence-electron chi connectivity index (χ2n) is 7.12. The van der Waals surface area contributed by atoms with Crippen molar-refractivity contribution in [2.24, 2.45) is 0 Å². The molecule has 1 saturated heterocycles. The summed E-state index contributed by atoms with van der Waals surface area (Å²) >= 11 is 0. The Bertz CT molecular complexity index is 821. The Kier molecular flexibility index (Phi) is 4.10. The average Bonchev–Trinajstić information content (AvgIpc) is 3.01. The van der Waals surface area contributed by atoms with Gasteiger partial charge in [0.2, 0.25) is 0 Å². The molecule has 2 aromatic rings. The molecule has 3 nitrogen and oxygen atoms in total. The molecule has 2 aliphatic heterocycles. The number of hydrogen-bond acceptors (Lipinski definition) is 3. The second-order valence-corrected chi connectivity index (χ2v) is 7.12. The molecule has 1 N–H and O–H groups in total. The number of rotatable bonds is 3. The standard InChI is InChI=1S/C20H20F3NO2/c1-19-12-26-18-7-6-14(10-15(18)17(19)8-9-24-19)25-11-13-4-2-3-5-16(13)20(21,22)23/h2-7,10,17,24H,8-9,11-12H2,1H3/t17-,19+/m0/s1. The molecule has 2 aromatic carbocycles. The van der Waals surface area contributed by atoms with Gasteiger partial charge in [-0.2, -0.15) is 13.2 Å². The van der Waals surface area contributed by atoms with E-state index in [9.17, 15) is 13.2 Å². The van der Waals surface area contributed by atoms with Crippen molar-refractivity contribution in [3.05, 3.63) is 59.2 Å². The maximum absolute atomic E-state index is 13.1. The molecule has 0 saturated carbocycles. The smallest absolute Gasteiger partial charge is 0.416 e. The molecule has 0 spiro atoms. The molecule has 2 atom stereocenters.